The third-order valence-electron chi connectivity index (χ3n) is 3.40. The van der Waals surface area contributed by atoms with Gasteiger partial charge in [0.05, 0.1) is 0 Å². The van der Waals surface area contributed by atoms with E-state index in [0.29, 0.717) is 11.1 Å². The zero-order valence-corrected chi connectivity index (χ0v) is 14.6. The van der Waals surface area contributed by atoms with Crippen molar-refractivity contribution >= 4 is 33.5 Å². The fourth-order valence-electron chi connectivity index (χ4n) is 2.08. The lowest BCUT2D eigenvalue weighted by Gasteiger charge is -2.12. The molecule has 5 nitrogen and oxygen atoms in total. The zero-order valence-electron chi connectivity index (χ0n) is 13.0. The first kappa shape index (κ1) is 17.1. The topological polar surface area (TPSA) is 65.4 Å². The van der Waals surface area contributed by atoms with Crippen LogP contribution in [0.5, 0.6) is 0 Å². The molecule has 120 valence electrons. The van der Waals surface area contributed by atoms with Crippen molar-refractivity contribution in [2.75, 3.05) is 0 Å². The summed E-state index contributed by atoms with van der Waals surface area (Å²) in [6, 6.07) is 8.28. The van der Waals surface area contributed by atoms with Gasteiger partial charge in [0.15, 0.2) is 11.9 Å². The number of benzene rings is 1. The van der Waals surface area contributed by atoms with Crippen LogP contribution in [0.3, 0.4) is 0 Å². The Bertz CT molecular complexity index is 761. The van der Waals surface area contributed by atoms with Gasteiger partial charge in [-0.2, -0.15) is 0 Å². The van der Waals surface area contributed by atoms with Gasteiger partial charge in [0.2, 0.25) is 5.78 Å². The lowest BCUT2D eigenvalue weighted by molar-refractivity contribution is 0.0309. The van der Waals surface area contributed by atoms with Crippen LogP contribution >= 0.6 is 15.9 Å². The van der Waals surface area contributed by atoms with Gasteiger partial charge in [-0.05, 0) is 32.0 Å². The van der Waals surface area contributed by atoms with Crippen LogP contribution in [-0.2, 0) is 11.8 Å². The average Bonchev–Trinajstić information content (AvgIpc) is 2.89. The number of carbonyl (C=O) groups is 3. The number of ether oxygens (including phenoxy) is 1. The van der Waals surface area contributed by atoms with E-state index in [1.54, 1.807) is 37.5 Å². The number of nitrogens with zero attached hydrogens (tertiary/aromatic N) is 1. The maximum atomic E-state index is 12.3. The van der Waals surface area contributed by atoms with Crippen molar-refractivity contribution in [2.24, 2.45) is 7.05 Å². The van der Waals surface area contributed by atoms with E-state index in [2.05, 4.69) is 15.9 Å². The minimum absolute atomic E-state index is 0.140. The number of rotatable bonds is 5. The van der Waals surface area contributed by atoms with E-state index in [1.165, 1.54) is 24.5 Å². The number of Topliss-reactive ketones (excluding diaryl/α,β-unsaturated/α-hetero) is 2. The summed E-state index contributed by atoms with van der Waals surface area (Å²) in [5.74, 6) is -1.07. The van der Waals surface area contributed by atoms with Gasteiger partial charge < -0.3 is 9.30 Å². The van der Waals surface area contributed by atoms with Crippen molar-refractivity contribution in [1.29, 1.82) is 0 Å². The first-order valence-electron chi connectivity index (χ1n) is 6.97. The predicted molar refractivity (Wildman–Crippen MR) is 88.8 cm³/mol. The van der Waals surface area contributed by atoms with Crippen LogP contribution in [-0.4, -0.2) is 28.2 Å². The first-order chi connectivity index (χ1) is 10.8. The smallest absolute Gasteiger partial charge is 0.355 e. The standard InChI is InChI=1S/C17H16BrNO4/c1-10(20)13-8-15(19(3)9-13)17(22)23-11(2)16(21)12-4-6-14(18)7-5-12/h4-9,11H,1-3H3/t11-/m1/s1. The Kier molecular flexibility index (Phi) is 5.15. The summed E-state index contributed by atoms with van der Waals surface area (Å²) < 4.78 is 7.59. The fourth-order valence-corrected chi connectivity index (χ4v) is 2.35. The third-order valence-corrected chi connectivity index (χ3v) is 3.93. The number of hydrogen-bond donors (Lipinski definition) is 0. The number of ketones is 2. The molecule has 0 unspecified atom stereocenters. The molecule has 1 aromatic carbocycles. The highest BCUT2D eigenvalue weighted by atomic mass is 79.9. The third kappa shape index (κ3) is 3.96. The first-order valence-corrected chi connectivity index (χ1v) is 7.77. The van der Waals surface area contributed by atoms with Gasteiger partial charge in [0.1, 0.15) is 5.69 Å². The summed E-state index contributed by atoms with van der Waals surface area (Å²) >= 11 is 3.30. The normalized spacial score (nSPS) is 11.8. The molecular formula is C17H16BrNO4. The Morgan fingerprint density at radius 2 is 1.74 bits per heavy atom. The van der Waals surface area contributed by atoms with E-state index in [4.69, 9.17) is 4.74 Å². The Balaban J connectivity index is 2.11. The van der Waals surface area contributed by atoms with E-state index in [0.717, 1.165) is 4.47 Å². The molecule has 6 heteroatoms. The van der Waals surface area contributed by atoms with Crippen molar-refractivity contribution in [1.82, 2.24) is 4.57 Å². The summed E-state index contributed by atoms with van der Waals surface area (Å²) in [6.45, 7) is 2.95. The van der Waals surface area contributed by atoms with Gasteiger partial charge in [-0.15, -0.1) is 0 Å². The SMILES string of the molecule is CC(=O)c1cc(C(=O)O[C@H](C)C(=O)c2ccc(Br)cc2)n(C)c1. The number of aryl methyl sites for hydroxylation is 1. The number of carbonyl (C=O) groups excluding carboxylic acids is 3. The molecule has 0 saturated carbocycles. The van der Waals surface area contributed by atoms with Crippen molar-refractivity contribution in [3.8, 4) is 0 Å². The Morgan fingerprint density at radius 3 is 2.26 bits per heavy atom. The van der Waals surface area contributed by atoms with E-state index in [9.17, 15) is 14.4 Å². The molecular weight excluding hydrogens is 362 g/mol. The maximum Gasteiger partial charge on any atom is 0.355 e. The maximum absolute atomic E-state index is 12.3. The Morgan fingerprint density at radius 1 is 1.13 bits per heavy atom. The molecule has 2 rings (SSSR count). The van der Waals surface area contributed by atoms with Crippen LogP contribution in [0.1, 0.15) is 45.1 Å². The summed E-state index contributed by atoms with van der Waals surface area (Å²) in [6.07, 6.45) is 0.638. The van der Waals surface area contributed by atoms with Crippen LogP contribution < -0.4 is 0 Å². The van der Waals surface area contributed by atoms with Gasteiger partial charge >= 0.3 is 5.97 Å². The van der Waals surface area contributed by atoms with Gasteiger partial charge in [0.25, 0.3) is 0 Å². The molecule has 1 atom stereocenters. The van der Waals surface area contributed by atoms with E-state index >= 15 is 0 Å². The van der Waals surface area contributed by atoms with Crippen molar-refractivity contribution in [3.05, 3.63) is 57.8 Å². The number of aromatic nitrogens is 1. The molecule has 0 radical (unpaired) electrons. The molecule has 0 spiro atoms. The summed E-state index contributed by atoms with van der Waals surface area (Å²) in [7, 11) is 1.64. The van der Waals surface area contributed by atoms with Crippen LogP contribution in [0.4, 0.5) is 0 Å². The highest BCUT2D eigenvalue weighted by Crippen LogP contribution is 2.15. The monoisotopic (exact) mass is 377 g/mol. The molecule has 0 amide bonds. The van der Waals surface area contributed by atoms with Crippen molar-refractivity contribution < 1.29 is 19.1 Å². The Hall–Kier alpha value is -2.21. The van der Waals surface area contributed by atoms with Crippen LogP contribution in [0.2, 0.25) is 0 Å². The molecule has 1 heterocycles. The molecule has 0 N–H and O–H groups in total. The summed E-state index contributed by atoms with van der Waals surface area (Å²) in [5, 5.41) is 0. The van der Waals surface area contributed by atoms with Gasteiger partial charge in [-0.3, -0.25) is 9.59 Å². The molecule has 23 heavy (non-hydrogen) atoms. The molecule has 1 aromatic heterocycles. The average molecular weight is 378 g/mol. The second-order valence-corrected chi connectivity index (χ2v) is 6.12. The molecule has 0 fully saturated rings. The molecule has 2 aromatic rings. The molecule has 0 aliphatic rings. The quantitative estimate of drug-likeness (QED) is 0.591. The van der Waals surface area contributed by atoms with Gasteiger partial charge in [0, 0.05) is 28.8 Å². The minimum Gasteiger partial charge on any atom is -0.450 e. The van der Waals surface area contributed by atoms with Gasteiger partial charge in [-0.1, -0.05) is 28.1 Å². The predicted octanol–water partition coefficient (Wildman–Crippen LogP) is 3.42. The van der Waals surface area contributed by atoms with Crippen LogP contribution in [0.25, 0.3) is 0 Å². The van der Waals surface area contributed by atoms with Crippen LogP contribution in [0, 0.1) is 0 Å². The summed E-state index contributed by atoms with van der Waals surface area (Å²) in [5.41, 5.74) is 1.11. The lowest BCUT2D eigenvalue weighted by atomic mass is 10.1. The number of hydrogen-bond acceptors (Lipinski definition) is 4. The summed E-state index contributed by atoms with van der Waals surface area (Å²) in [4.78, 5) is 35.8. The van der Waals surface area contributed by atoms with Crippen molar-refractivity contribution in [2.45, 2.75) is 20.0 Å². The lowest BCUT2D eigenvalue weighted by Crippen LogP contribution is -2.25. The second-order valence-electron chi connectivity index (χ2n) is 5.20. The zero-order chi connectivity index (χ0) is 17.1. The molecule has 0 bridgehead atoms. The molecule has 0 saturated heterocycles. The largest absolute Gasteiger partial charge is 0.450 e. The molecule has 0 aliphatic heterocycles. The van der Waals surface area contributed by atoms with Gasteiger partial charge in [-0.25, -0.2) is 4.79 Å². The highest BCUT2D eigenvalue weighted by molar-refractivity contribution is 9.10. The molecule has 0 aliphatic carbocycles. The number of halogens is 1. The van der Waals surface area contributed by atoms with Crippen LogP contribution in [0.15, 0.2) is 41.0 Å². The number of esters is 1. The second kappa shape index (κ2) is 6.91. The van der Waals surface area contributed by atoms with Crippen molar-refractivity contribution in [3.63, 3.8) is 0 Å². The minimum atomic E-state index is -0.917. The Labute approximate surface area is 142 Å². The highest BCUT2D eigenvalue weighted by Gasteiger charge is 2.22. The van der Waals surface area contributed by atoms with E-state index in [-0.39, 0.29) is 17.3 Å². The van der Waals surface area contributed by atoms with E-state index in [1.807, 2.05) is 0 Å². The van der Waals surface area contributed by atoms with E-state index < -0.39 is 12.1 Å². The fraction of sp³-hybridized carbons (Fsp3) is 0.235.